The molecule has 2 spiro atoms. The van der Waals surface area contributed by atoms with Gasteiger partial charge in [-0.15, -0.1) is 0 Å². The predicted molar refractivity (Wildman–Crippen MR) is 139 cm³/mol. The molecule has 0 N–H and O–H groups in total. The van der Waals surface area contributed by atoms with E-state index in [4.69, 9.17) is 4.74 Å². The van der Waals surface area contributed by atoms with Gasteiger partial charge in [-0.05, 0) is 87.5 Å². The summed E-state index contributed by atoms with van der Waals surface area (Å²) in [6.45, 7) is 15.4. The highest BCUT2D eigenvalue weighted by Gasteiger charge is 2.42. The Balaban J connectivity index is 1.13. The second-order valence-corrected chi connectivity index (χ2v) is 14.8. The minimum absolute atomic E-state index is 0.323. The van der Waals surface area contributed by atoms with E-state index in [1.807, 2.05) is 6.07 Å². The van der Waals surface area contributed by atoms with Gasteiger partial charge in [0.2, 0.25) is 10.0 Å². The lowest BCUT2D eigenvalue weighted by atomic mass is 9.71. The Bertz CT molecular complexity index is 957. The van der Waals surface area contributed by atoms with Crippen LogP contribution >= 0.6 is 0 Å². The largest absolute Gasteiger partial charge is 0.380 e. The summed E-state index contributed by atoms with van der Waals surface area (Å²) in [4.78, 5) is 9.78. The third kappa shape index (κ3) is 5.55. The van der Waals surface area contributed by atoms with Crippen LogP contribution in [0.2, 0.25) is 0 Å². The van der Waals surface area contributed by atoms with Crippen LogP contribution in [0.1, 0.15) is 65.7 Å². The maximum Gasteiger partial charge on any atom is 0.244 e. The molecule has 0 aromatic carbocycles. The average Bonchev–Trinajstić information content (AvgIpc) is 2.83. The zero-order valence-electron chi connectivity index (χ0n) is 22.0. The molecule has 0 saturated carbocycles. The van der Waals surface area contributed by atoms with Crippen molar-refractivity contribution in [3.05, 3.63) is 18.3 Å². The van der Waals surface area contributed by atoms with Crippen molar-refractivity contribution in [2.75, 3.05) is 63.9 Å². The van der Waals surface area contributed by atoms with Crippen molar-refractivity contribution in [1.82, 2.24) is 14.2 Å². The predicted octanol–water partition coefficient (Wildman–Crippen LogP) is 4.00. The molecule has 1 aromatic rings. The summed E-state index contributed by atoms with van der Waals surface area (Å²) < 4.78 is 33.8. The molecular formula is C27H44N4O3S. The number of sulfonamides is 1. The summed E-state index contributed by atoms with van der Waals surface area (Å²) in [6, 6.07) is 3.65. The van der Waals surface area contributed by atoms with Crippen molar-refractivity contribution in [3.63, 3.8) is 0 Å². The lowest BCUT2D eigenvalue weighted by Crippen LogP contribution is -2.51. The van der Waals surface area contributed by atoms with Crippen molar-refractivity contribution in [2.24, 2.45) is 16.2 Å². The first kappa shape index (κ1) is 25.4. The molecular weight excluding hydrogens is 460 g/mol. The maximum atomic E-state index is 13.4. The average molecular weight is 505 g/mol. The molecule has 1 aromatic heterocycles. The Hall–Kier alpha value is -1.22. The van der Waals surface area contributed by atoms with Crippen LogP contribution < -0.4 is 4.90 Å². The van der Waals surface area contributed by atoms with Crippen LogP contribution in [0.15, 0.2) is 23.2 Å². The van der Waals surface area contributed by atoms with Crippen LogP contribution in [0.4, 0.5) is 5.82 Å². The highest BCUT2D eigenvalue weighted by molar-refractivity contribution is 7.89. The summed E-state index contributed by atoms with van der Waals surface area (Å²) in [5, 5.41) is 0. The zero-order valence-corrected chi connectivity index (χ0v) is 22.8. The Labute approximate surface area is 212 Å². The van der Waals surface area contributed by atoms with Gasteiger partial charge in [0.1, 0.15) is 10.7 Å². The lowest BCUT2D eigenvalue weighted by molar-refractivity contribution is -0.124. The Morgan fingerprint density at radius 1 is 0.886 bits per heavy atom. The molecule has 0 radical (unpaired) electrons. The molecule has 0 unspecified atom stereocenters. The first-order valence-electron chi connectivity index (χ1n) is 13.6. The summed E-state index contributed by atoms with van der Waals surface area (Å²) in [5.41, 5.74) is 1.09. The number of ether oxygens (including phenoxy) is 1. The molecule has 4 saturated heterocycles. The van der Waals surface area contributed by atoms with Crippen LogP contribution in [-0.2, 0) is 14.8 Å². The highest BCUT2D eigenvalue weighted by atomic mass is 32.2. The van der Waals surface area contributed by atoms with Gasteiger partial charge in [-0.2, -0.15) is 4.31 Å². The lowest BCUT2D eigenvalue weighted by Gasteiger charge is -2.47. The van der Waals surface area contributed by atoms with Gasteiger partial charge in [0.15, 0.2) is 0 Å². The first-order chi connectivity index (χ1) is 16.6. The van der Waals surface area contributed by atoms with Crippen LogP contribution in [0.25, 0.3) is 0 Å². The molecule has 35 heavy (non-hydrogen) atoms. The first-order valence-corrected chi connectivity index (χ1v) is 15.0. The number of hydrogen-bond acceptors (Lipinski definition) is 6. The van der Waals surface area contributed by atoms with Gasteiger partial charge in [-0.25, -0.2) is 13.4 Å². The summed E-state index contributed by atoms with van der Waals surface area (Å²) >= 11 is 0. The standard InChI is InChI=1S/C27H44N4O3S/c1-25(2,3)6-13-29-14-7-26(8-15-29)11-18-31(19-12-26)35(32,33)23-4-5-24(28-20-23)30-16-9-27(10-17-30)21-34-22-27/h4-5,20H,6-19,21-22H2,1-3H3. The molecule has 0 bridgehead atoms. The summed E-state index contributed by atoms with van der Waals surface area (Å²) in [5.74, 6) is 0.884. The van der Waals surface area contributed by atoms with Crippen LogP contribution in [0.3, 0.4) is 0 Å². The molecule has 4 aliphatic heterocycles. The number of likely N-dealkylation sites (tertiary alicyclic amines) is 1. The SMILES string of the molecule is CC(C)(C)CCN1CCC2(CC1)CCN(S(=O)(=O)c1ccc(N3CCC4(CC3)COC4)nc1)CC2. The van der Waals surface area contributed by atoms with Crippen LogP contribution in [0, 0.1) is 16.2 Å². The molecule has 0 atom stereocenters. The molecule has 0 aliphatic carbocycles. The molecule has 196 valence electrons. The number of rotatable bonds is 5. The van der Waals surface area contributed by atoms with Crippen molar-refractivity contribution in [3.8, 4) is 0 Å². The molecule has 7 nitrogen and oxygen atoms in total. The number of pyridine rings is 1. The van der Waals surface area contributed by atoms with Crippen molar-refractivity contribution in [2.45, 2.75) is 70.6 Å². The number of aromatic nitrogens is 1. The zero-order chi connectivity index (χ0) is 24.7. The number of piperidine rings is 3. The third-order valence-corrected chi connectivity index (χ3v) is 11.1. The molecule has 0 amide bonds. The fourth-order valence-corrected chi connectivity index (χ4v) is 7.58. The van der Waals surface area contributed by atoms with E-state index in [0.717, 1.165) is 70.9 Å². The minimum Gasteiger partial charge on any atom is -0.380 e. The van der Waals surface area contributed by atoms with Gasteiger partial charge < -0.3 is 14.5 Å². The van der Waals surface area contributed by atoms with E-state index >= 15 is 0 Å². The quantitative estimate of drug-likeness (QED) is 0.604. The van der Waals surface area contributed by atoms with E-state index in [-0.39, 0.29) is 0 Å². The topological polar surface area (TPSA) is 66.0 Å². The third-order valence-electron chi connectivity index (χ3n) is 9.20. The smallest absolute Gasteiger partial charge is 0.244 e. The maximum absolute atomic E-state index is 13.4. The number of hydrogen-bond donors (Lipinski definition) is 0. The Morgan fingerprint density at radius 3 is 2.00 bits per heavy atom. The van der Waals surface area contributed by atoms with Gasteiger partial charge in [-0.3, -0.25) is 0 Å². The second-order valence-electron chi connectivity index (χ2n) is 12.9. The Kier molecular flexibility index (Phi) is 6.96. The van der Waals surface area contributed by atoms with Crippen molar-refractivity contribution < 1.29 is 13.2 Å². The molecule has 4 aliphatic rings. The molecule has 5 rings (SSSR count). The van der Waals surface area contributed by atoms with Gasteiger partial charge >= 0.3 is 0 Å². The van der Waals surface area contributed by atoms with E-state index < -0.39 is 10.0 Å². The van der Waals surface area contributed by atoms with Gasteiger partial charge in [0.05, 0.1) is 13.2 Å². The second kappa shape index (κ2) is 9.58. The molecule has 4 fully saturated rings. The van der Waals surface area contributed by atoms with E-state index in [0.29, 0.717) is 34.2 Å². The fraction of sp³-hybridized carbons (Fsp3) is 0.815. The normalized spacial score (nSPS) is 25.6. The van der Waals surface area contributed by atoms with Crippen molar-refractivity contribution >= 4 is 15.8 Å². The van der Waals surface area contributed by atoms with Crippen LogP contribution in [0.5, 0.6) is 0 Å². The monoisotopic (exact) mass is 504 g/mol. The Morgan fingerprint density at radius 2 is 1.49 bits per heavy atom. The molecule has 5 heterocycles. The summed E-state index contributed by atoms with van der Waals surface area (Å²) in [7, 11) is -3.49. The van der Waals surface area contributed by atoms with Gasteiger partial charge in [0.25, 0.3) is 0 Å². The van der Waals surface area contributed by atoms with E-state index in [9.17, 15) is 8.42 Å². The fourth-order valence-electron chi connectivity index (χ4n) is 6.20. The number of anilines is 1. The van der Waals surface area contributed by atoms with Crippen LogP contribution in [-0.4, -0.2) is 81.6 Å². The number of nitrogens with zero attached hydrogens (tertiary/aromatic N) is 4. The van der Waals surface area contributed by atoms with E-state index in [2.05, 4.69) is 35.6 Å². The molecule has 8 heteroatoms. The van der Waals surface area contributed by atoms with Gasteiger partial charge in [0, 0.05) is 37.8 Å². The van der Waals surface area contributed by atoms with E-state index in [1.54, 1.807) is 16.6 Å². The highest BCUT2D eigenvalue weighted by Crippen LogP contribution is 2.43. The van der Waals surface area contributed by atoms with E-state index in [1.165, 1.54) is 25.8 Å². The minimum atomic E-state index is -3.49. The van der Waals surface area contributed by atoms with Crippen molar-refractivity contribution in [1.29, 1.82) is 0 Å². The van der Waals surface area contributed by atoms with Gasteiger partial charge in [-0.1, -0.05) is 20.8 Å². The summed E-state index contributed by atoms with van der Waals surface area (Å²) in [6.07, 6.45) is 9.40.